The van der Waals surface area contributed by atoms with E-state index in [2.05, 4.69) is 20.8 Å². The maximum Gasteiger partial charge on any atom is 0.299 e. The second kappa shape index (κ2) is 5.93. The van der Waals surface area contributed by atoms with E-state index in [1.54, 1.807) is 0 Å². The molecule has 24 heavy (non-hydrogen) atoms. The number of aliphatic imine (C=N–C) groups is 1. The first-order chi connectivity index (χ1) is 11.7. The van der Waals surface area contributed by atoms with Crippen molar-refractivity contribution in [2.24, 2.45) is 10.1 Å². The van der Waals surface area contributed by atoms with E-state index in [-0.39, 0.29) is 11.1 Å². The molecule has 0 unspecified atom stereocenters. The number of fused-ring (bicyclic) bond motifs is 1. The van der Waals surface area contributed by atoms with Gasteiger partial charge in [0, 0.05) is 11.3 Å². The quantitative estimate of drug-likeness (QED) is 0.884. The van der Waals surface area contributed by atoms with Crippen molar-refractivity contribution in [1.82, 2.24) is 5.43 Å². The number of thioether (sulfide) groups is 1. The molecule has 2 amide bonds. The molecule has 0 aromatic heterocycles. The van der Waals surface area contributed by atoms with E-state index in [0.717, 1.165) is 40.0 Å². The molecule has 4 rings (SSSR count). The van der Waals surface area contributed by atoms with E-state index < -0.39 is 0 Å². The highest BCUT2D eigenvalue weighted by molar-refractivity contribution is 8.14. The lowest BCUT2D eigenvalue weighted by Crippen LogP contribution is -2.23. The minimum Gasteiger partial charge on any atom is -0.320 e. The smallest absolute Gasteiger partial charge is 0.299 e. The molecule has 2 N–H and O–H groups in total. The molecular formula is C17H12N4O2S. The number of benzene rings is 2. The lowest BCUT2D eigenvalue weighted by Gasteiger charge is -2.12. The van der Waals surface area contributed by atoms with Crippen LogP contribution in [0, 0.1) is 0 Å². The molecule has 0 atom stereocenters. The second-order valence-electron chi connectivity index (χ2n) is 5.26. The van der Waals surface area contributed by atoms with Crippen molar-refractivity contribution < 1.29 is 9.59 Å². The maximum absolute atomic E-state index is 12.2. The molecule has 0 aliphatic carbocycles. The molecule has 7 heteroatoms. The topological polar surface area (TPSA) is 82.9 Å². The summed E-state index contributed by atoms with van der Waals surface area (Å²) in [6.07, 6.45) is 0. The zero-order valence-corrected chi connectivity index (χ0v) is 13.3. The Balaban J connectivity index is 1.75. The Morgan fingerprint density at radius 3 is 2.67 bits per heavy atom. The highest BCUT2D eigenvalue weighted by Crippen LogP contribution is 2.27. The van der Waals surface area contributed by atoms with Crippen molar-refractivity contribution in [2.45, 2.75) is 0 Å². The number of nitrogens with zero attached hydrogens (tertiary/aromatic N) is 2. The minimum absolute atomic E-state index is 0.164. The largest absolute Gasteiger partial charge is 0.320 e. The van der Waals surface area contributed by atoms with Crippen LogP contribution in [0.15, 0.2) is 58.6 Å². The summed E-state index contributed by atoms with van der Waals surface area (Å²) in [4.78, 5) is 27.9. The second-order valence-corrected chi connectivity index (χ2v) is 6.21. The van der Waals surface area contributed by atoms with Gasteiger partial charge in [0.2, 0.25) is 0 Å². The summed E-state index contributed by atoms with van der Waals surface area (Å²) in [6, 6.07) is 14.9. The molecule has 0 saturated carbocycles. The first-order valence-corrected chi connectivity index (χ1v) is 8.28. The van der Waals surface area contributed by atoms with Gasteiger partial charge < -0.3 is 5.32 Å². The van der Waals surface area contributed by atoms with E-state index in [0.29, 0.717) is 11.5 Å². The normalized spacial score (nSPS) is 18.0. The van der Waals surface area contributed by atoms with Crippen molar-refractivity contribution in [3.8, 4) is 0 Å². The average molecular weight is 336 g/mol. The van der Waals surface area contributed by atoms with Crippen molar-refractivity contribution in [1.29, 1.82) is 0 Å². The van der Waals surface area contributed by atoms with Gasteiger partial charge in [0.1, 0.15) is 5.71 Å². The summed E-state index contributed by atoms with van der Waals surface area (Å²) in [5.41, 5.74) is 6.65. The van der Waals surface area contributed by atoms with Crippen LogP contribution in [0.2, 0.25) is 0 Å². The Morgan fingerprint density at radius 2 is 1.92 bits per heavy atom. The summed E-state index contributed by atoms with van der Waals surface area (Å²) >= 11 is 1.16. The first-order valence-electron chi connectivity index (χ1n) is 7.30. The van der Waals surface area contributed by atoms with Gasteiger partial charge in [-0.3, -0.25) is 9.59 Å². The van der Waals surface area contributed by atoms with E-state index in [1.807, 2.05) is 48.5 Å². The molecule has 2 heterocycles. The fourth-order valence-corrected chi connectivity index (χ4v) is 3.14. The SMILES string of the molecule is O=C1NN=C(c2ccc3c(c2)C(=Nc2ccccc2)C(=O)N3)CS1. The Bertz CT molecular complexity index is 906. The third-order valence-corrected chi connectivity index (χ3v) is 4.46. The molecule has 2 aromatic rings. The van der Waals surface area contributed by atoms with Crippen molar-refractivity contribution >= 4 is 45.7 Å². The highest BCUT2D eigenvalue weighted by Gasteiger charge is 2.27. The molecule has 0 radical (unpaired) electrons. The van der Waals surface area contributed by atoms with Gasteiger partial charge in [0.25, 0.3) is 11.1 Å². The molecule has 2 aromatic carbocycles. The molecule has 0 fully saturated rings. The Hall–Kier alpha value is -2.93. The maximum atomic E-state index is 12.2. The molecular weight excluding hydrogens is 324 g/mol. The third kappa shape index (κ3) is 2.69. The highest BCUT2D eigenvalue weighted by atomic mass is 32.2. The fraction of sp³-hybridized carbons (Fsp3) is 0.0588. The molecule has 2 aliphatic heterocycles. The summed E-state index contributed by atoms with van der Waals surface area (Å²) in [6.45, 7) is 0. The minimum atomic E-state index is -0.223. The zero-order chi connectivity index (χ0) is 16.5. The monoisotopic (exact) mass is 336 g/mol. The van der Waals surface area contributed by atoms with Crippen molar-refractivity contribution in [2.75, 3.05) is 11.1 Å². The van der Waals surface area contributed by atoms with Gasteiger partial charge >= 0.3 is 0 Å². The number of anilines is 1. The summed E-state index contributed by atoms with van der Waals surface area (Å²) in [5, 5.41) is 6.74. The van der Waals surface area contributed by atoms with Gasteiger partial charge in [-0.05, 0) is 29.8 Å². The van der Waals surface area contributed by atoms with Crippen molar-refractivity contribution in [3.63, 3.8) is 0 Å². The number of amides is 2. The lowest BCUT2D eigenvalue weighted by atomic mass is 10.0. The summed E-state index contributed by atoms with van der Waals surface area (Å²) < 4.78 is 0. The van der Waals surface area contributed by atoms with Gasteiger partial charge in [-0.15, -0.1) is 0 Å². The Kier molecular flexibility index (Phi) is 3.62. The molecule has 0 saturated heterocycles. The van der Waals surface area contributed by atoms with Crippen LogP contribution in [0.3, 0.4) is 0 Å². The number of nitrogens with one attached hydrogen (secondary N) is 2. The number of para-hydroxylation sites is 1. The van der Waals surface area contributed by atoms with Gasteiger partial charge in [-0.2, -0.15) is 5.10 Å². The van der Waals surface area contributed by atoms with E-state index in [4.69, 9.17) is 0 Å². The van der Waals surface area contributed by atoms with Crippen LogP contribution in [0.5, 0.6) is 0 Å². The Morgan fingerprint density at radius 1 is 1.08 bits per heavy atom. The van der Waals surface area contributed by atoms with Crippen LogP contribution < -0.4 is 10.7 Å². The molecule has 118 valence electrons. The van der Waals surface area contributed by atoms with Gasteiger partial charge in [-0.1, -0.05) is 36.0 Å². The first kappa shape index (κ1) is 14.6. The van der Waals surface area contributed by atoms with Crippen LogP contribution in [0.25, 0.3) is 0 Å². The van der Waals surface area contributed by atoms with Gasteiger partial charge in [0.15, 0.2) is 0 Å². The predicted octanol–water partition coefficient (Wildman–Crippen LogP) is 2.92. The Labute approximate surface area is 142 Å². The zero-order valence-electron chi connectivity index (χ0n) is 12.4. The van der Waals surface area contributed by atoms with Crippen molar-refractivity contribution in [3.05, 3.63) is 59.7 Å². The number of hydrazone groups is 1. The van der Waals surface area contributed by atoms with Crippen LogP contribution in [-0.4, -0.2) is 28.3 Å². The van der Waals surface area contributed by atoms with Crippen LogP contribution in [0.4, 0.5) is 16.2 Å². The number of carbonyl (C=O) groups excluding carboxylic acids is 2. The molecule has 6 nitrogen and oxygen atoms in total. The fourth-order valence-electron chi connectivity index (χ4n) is 2.53. The summed E-state index contributed by atoms with van der Waals surface area (Å²) in [5.74, 6) is 0.274. The van der Waals surface area contributed by atoms with Gasteiger partial charge in [-0.25, -0.2) is 10.4 Å². The molecule has 2 aliphatic rings. The molecule has 0 bridgehead atoms. The summed E-state index contributed by atoms with van der Waals surface area (Å²) in [7, 11) is 0. The van der Waals surface area contributed by atoms with Crippen LogP contribution in [-0.2, 0) is 4.79 Å². The predicted molar refractivity (Wildman–Crippen MR) is 95.2 cm³/mol. The van der Waals surface area contributed by atoms with Crippen LogP contribution >= 0.6 is 11.8 Å². The standard InChI is InChI=1S/C17H12N4O2S/c22-16-15(18-11-4-2-1-3-5-11)12-8-10(6-7-13(12)19-16)14-9-24-17(23)21-20-14/h1-8H,9H2,(H,21,23)(H,18,19,22). The number of carbonyl (C=O) groups is 2. The number of hydrogen-bond donors (Lipinski definition) is 2. The van der Waals surface area contributed by atoms with E-state index in [1.165, 1.54) is 0 Å². The van der Waals surface area contributed by atoms with E-state index in [9.17, 15) is 9.59 Å². The number of rotatable bonds is 2. The third-order valence-electron chi connectivity index (χ3n) is 3.69. The van der Waals surface area contributed by atoms with Gasteiger partial charge in [0.05, 0.1) is 17.1 Å². The van der Waals surface area contributed by atoms with Crippen LogP contribution in [0.1, 0.15) is 11.1 Å². The lowest BCUT2D eigenvalue weighted by molar-refractivity contribution is -0.110. The van der Waals surface area contributed by atoms with E-state index >= 15 is 0 Å². The molecule has 0 spiro atoms. The number of hydrogen-bond acceptors (Lipinski definition) is 5. The average Bonchev–Trinajstić information content (AvgIpc) is 2.91.